The third-order valence-electron chi connectivity index (χ3n) is 1.50. The molecule has 2 nitrogen and oxygen atoms in total. The maximum atomic E-state index is 8.55. The van der Waals surface area contributed by atoms with E-state index in [4.69, 9.17) is 5.26 Å². The fourth-order valence-corrected chi connectivity index (χ4v) is 1.06. The maximum absolute atomic E-state index is 8.55. The third kappa shape index (κ3) is 6.26. The van der Waals surface area contributed by atoms with Crippen molar-refractivity contribution in [1.29, 1.82) is 5.26 Å². The van der Waals surface area contributed by atoms with Gasteiger partial charge in [0.1, 0.15) is 0 Å². The SMILES string of the molecule is CC(C#N)CN(C)CC=CCS. The number of likely N-dealkylation sites (N-methyl/N-ethyl adjacent to an activating group) is 1. The lowest BCUT2D eigenvalue weighted by atomic mass is 10.2. The minimum absolute atomic E-state index is 0.111. The molecule has 0 aliphatic heterocycles. The van der Waals surface area contributed by atoms with Crippen LogP contribution in [-0.4, -0.2) is 30.8 Å². The van der Waals surface area contributed by atoms with Crippen molar-refractivity contribution in [2.45, 2.75) is 6.92 Å². The molecule has 0 aromatic carbocycles. The number of hydrogen-bond acceptors (Lipinski definition) is 3. The number of nitriles is 1. The standard InChI is InChI=1S/C9H16N2S/c1-9(7-10)8-11(2)5-3-4-6-12/h3-4,9,12H,5-6,8H2,1-2H3. The summed E-state index contributed by atoms with van der Waals surface area (Å²) in [5.74, 6) is 0.890. The number of rotatable bonds is 5. The summed E-state index contributed by atoms with van der Waals surface area (Å²) in [6, 6.07) is 2.21. The molecule has 0 aromatic heterocycles. The van der Waals surface area contributed by atoms with Crippen molar-refractivity contribution in [1.82, 2.24) is 4.90 Å². The zero-order valence-electron chi connectivity index (χ0n) is 7.70. The molecule has 0 rings (SSSR count). The first-order valence-electron chi connectivity index (χ1n) is 4.04. The average molecular weight is 184 g/mol. The Morgan fingerprint density at radius 2 is 2.25 bits per heavy atom. The second-order valence-electron chi connectivity index (χ2n) is 2.91. The molecule has 0 amide bonds. The van der Waals surface area contributed by atoms with Gasteiger partial charge in [0.15, 0.2) is 0 Å². The number of thiol groups is 1. The summed E-state index contributed by atoms with van der Waals surface area (Å²) in [7, 11) is 2.01. The zero-order valence-corrected chi connectivity index (χ0v) is 8.59. The second-order valence-corrected chi connectivity index (χ2v) is 3.27. The van der Waals surface area contributed by atoms with Gasteiger partial charge in [-0.05, 0) is 14.0 Å². The van der Waals surface area contributed by atoms with Crippen LogP contribution in [0.3, 0.4) is 0 Å². The lowest BCUT2D eigenvalue weighted by molar-refractivity contribution is 0.342. The molecular weight excluding hydrogens is 168 g/mol. The first-order valence-corrected chi connectivity index (χ1v) is 4.68. The summed E-state index contributed by atoms with van der Waals surface area (Å²) in [6.45, 7) is 3.65. The van der Waals surface area contributed by atoms with Crippen LogP contribution < -0.4 is 0 Å². The lowest BCUT2D eigenvalue weighted by Crippen LogP contribution is -2.23. The molecule has 1 unspecified atom stereocenters. The second kappa shape index (κ2) is 7.20. The van der Waals surface area contributed by atoms with Crippen LogP contribution in [0.25, 0.3) is 0 Å². The summed E-state index contributed by atoms with van der Waals surface area (Å²) >= 11 is 4.05. The Kier molecular flexibility index (Phi) is 6.93. The molecule has 0 aliphatic carbocycles. The minimum Gasteiger partial charge on any atom is -0.301 e. The Bertz CT molecular complexity index is 172. The molecule has 0 aliphatic rings. The van der Waals surface area contributed by atoms with Crippen molar-refractivity contribution in [2.24, 2.45) is 5.92 Å². The first kappa shape index (κ1) is 11.5. The van der Waals surface area contributed by atoms with E-state index >= 15 is 0 Å². The van der Waals surface area contributed by atoms with Crippen molar-refractivity contribution in [2.75, 3.05) is 25.9 Å². The van der Waals surface area contributed by atoms with Crippen molar-refractivity contribution in [3.05, 3.63) is 12.2 Å². The molecule has 68 valence electrons. The van der Waals surface area contributed by atoms with E-state index in [0.717, 1.165) is 18.8 Å². The van der Waals surface area contributed by atoms with Gasteiger partial charge in [0.25, 0.3) is 0 Å². The Hall–Kier alpha value is -0.460. The van der Waals surface area contributed by atoms with Crippen LogP contribution >= 0.6 is 12.6 Å². The third-order valence-corrected chi connectivity index (χ3v) is 1.71. The summed E-state index contributed by atoms with van der Waals surface area (Å²) in [5, 5.41) is 8.55. The lowest BCUT2D eigenvalue weighted by Gasteiger charge is -2.14. The summed E-state index contributed by atoms with van der Waals surface area (Å²) in [4.78, 5) is 2.12. The molecule has 0 fully saturated rings. The largest absolute Gasteiger partial charge is 0.301 e. The zero-order chi connectivity index (χ0) is 9.40. The predicted octanol–water partition coefficient (Wildman–Crippen LogP) is 1.56. The van der Waals surface area contributed by atoms with Crippen LogP contribution in [0, 0.1) is 17.2 Å². The quantitative estimate of drug-likeness (QED) is 0.518. The molecule has 0 saturated heterocycles. The molecule has 1 atom stereocenters. The van der Waals surface area contributed by atoms with Gasteiger partial charge in [0.2, 0.25) is 0 Å². The van der Waals surface area contributed by atoms with Gasteiger partial charge >= 0.3 is 0 Å². The minimum atomic E-state index is 0.111. The van der Waals surface area contributed by atoms with Gasteiger partial charge in [0, 0.05) is 18.8 Å². The summed E-state index contributed by atoms with van der Waals surface area (Å²) in [5.41, 5.74) is 0. The van der Waals surface area contributed by atoms with E-state index in [1.54, 1.807) is 0 Å². The summed E-state index contributed by atoms with van der Waals surface area (Å²) in [6.07, 6.45) is 4.08. The van der Waals surface area contributed by atoms with E-state index < -0.39 is 0 Å². The number of nitrogens with zero attached hydrogens (tertiary/aromatic N) is 2. The van der Waals surface area contributed by atoms with E-state index in [1.165, 1.54) is 0 Å². The van der Waals surface area contributed by atoms with Crippen LogP contribution in [0.1, 0.15) is 6.92 Å². The molecule has 3 heteroatoms. The van der Waals surface area contributed by atoms with Crippen molar-refractivity contribution >= 4 is 12.6 Å². The van der Waals surface area contributed by atoms with Gasteiger partial charge < -0.3 is 4.90 Å². The predicted molar refractivity (Wildman–Crippen MR) is 55.3 cm³/mol. The highest BCUT2D eigenvalue weighted by Crippen LogP contribution is 1.95. The molecule has 0 saturated carbocycles. The van der Waals surface area contributed by atoms with Crippen LogP contribution in [0.5, 0.6) is 0 Å². The Labute approximate surface area is 80.3 Å². The molecule has 0 N–H and O–H groups in total. The highest BCUT2D eigenvalue weighted by molar-refractivity contribution is 7.80. The van der Waals surface area contributed by atoms with Gasteiger partial charge in [0.05, 0.1) is 12.0 Å². The summed E-state index contributed by atoms with van der Waals surface area (Å²) < 4.78 is 0. The molecule has 0 spiro atoms. The van der Waals surface area contributed by atoms with Gasteiger partial charge in [-0.1, -0.05) is 12.2 Å². The smallest absolute Gasteiger partial charge is 0.0666 e. The average Bonchev–Trinajstić information content (AvgIpc) is 2.05. The van der Waals surface area contributed by atoms with Crippen LogP contribution in [-0.2, 0) is 0 Å². The molecule has 0 bridgehead atoms. The van der Waals surface area contributed by atoms with Gasteiger partial charge in [-0.25, -0.2) is 0 Å². The van der Waals surface area contributed by atoms with Crippen LogP contribution in [0.15, 0.2) is 12.2 Å². The maximum Gasteiger partial charge on any atom is 0.0666 e. The topological polar surface area (TPSA) is 27.0 Å². The highest BCUT2D eigenvalue weighted by Gasteiger charge is 2.02. The Morgan fingerprint density at radius 3 is 2.75 bits per heavy atom. The molecule has 0 heterocycles. The van der Waals surface area contributed by atoms with E-state index in [1.807, 2.05) is 20.0 Å². The fraction of sp³-hybridized carbons (Fsp3) is 0.667. The molecular formula is C9H16N2S. The highest BCUT2D eigenvalue weighted by atomic mass is 32.1. The normalized spacial score (nSPS) is 13.6. The number of hydrogen-bond donors (Lipinski definition) is 1. The monoisotopic (exact) mass is 184 g/mol. The van der Waals surface area contributed by atoms with E-state index in [-0.39, 0.29) is 5.92 Å². The Balaban J connectivity index is 3.53. The van der Waals surface area contributed by atoms with Crippen LogP contribution in [0.4, 0.5) is 0 Å². The van der Waals surface area contributed by atoms with E-state index in [9.17, 15) is 0 Å². The van der Waals surface area contributed by atoms with Gasteiger partial charge in [-0.2, -0.15) is 17.9 Å². The van der Waals surface area contributed by atoms with Crippen LogP contribution in [0.2, 0.25) is 0 Å². The van der Waals surface area contributed by atoms with Crippen molar-refractivity contribution in [3.63, 3.8) is 0 Å². The van der Waals surface area contributed by atoms with Gasteiger partial charge in [-0.3, -0.25) is 0 Å². The van der Waals surface area contributed by atoms with Crippen molar-refractivity contribution < 1.29 is 0 Å². The Morgan fingerprint density at radius 1 is 1.58 bits per heavy atom. The first-order chi connectivity index (χ1) is 5.70. The van der Waals surface area contributed by atoms with Crippen molar-refractivity contribution in [3.8, 4) is 6.07 Å². The molecule has 0 radical (unpaired) electrons. The molecule has 0 aromatic rings. The molecule has 12 heavy (non-hydrogen) atoms. The fourth-order valence-electron chi connectivity index (χ4n) is 0.912. The van der Waals surface area contributed by atoms with Gasteiger partial charge in [-0.15, -0.1) is 0 Å². The van der Waals surface area contributed by atoms with E-state index in [2.05, 4.69) is 29.7 Å². The van der Waals surface area contributed by atoms with E-state index in [0.29, 0.717) is 0 Å².